The Morgan fingerprint density at radius 2 is 2.03 bits per heavy atom. The lowest BCUT2D eigenvalue weighted by Crippen LogP contribution is -2.73. The first-order chi connectivity index (χ1) is 14.1. The van der Waals surface area contributed by atoms with Gasteiger partial charge in [0.1, 0.15) is 24.2 Å². The van der Waals surface area contributed by atoms with Crippen molar-refractivity contribution in [3.8, 4) is 0 Å². The molecule has 4 rings (SSSR count). The fraction of sp³-hybridized carbons (Fsp3) is 0.529. The first-order valence-corrected chi connectivity index (χ1v) is 9.15. The van der Waals surface area contributed by atoms with E-state index in [2.05, 4.69) is 15.6 Å². The van der Waals surface area contributed by atoms with Crippen molar-refractivity contribution in [1.82, 2.24) is 15.5 Å². The van der Waals surface area contributed by atoms with Gasteiger partial charge in [0.2, 0.25) is 0 Å². The van der Waals surface area contributed by atoms with E-state index in [9.17, 15) is 28.2 Å². The molecule has 3 aliphatic rings. The predicted molar refractivity (Wildman–Crippen MR) is 96.6 cm³/mol. The summed E-state index contributed by atoms with van der Waals surface area (Å²) in [6.45, 7) is -0.385. The summed E-state index contributed by atoms with van der Waals surface area (Å²) in [7, 11) is 0. The Kier molecular flexibility index (Phi) is 4.90. The van der Waals surface area contributed by atoms with Gasteiger partial charge in [-0.15, -0.1) is 0 Å². The Morgan fingerprint density at radius 3 is 2.63 bits per heavy atom. The standard InChI is InChI=1S/C17H21F3N6O4/c18-17(19,20)8-3-1-7(2-4-8)13(29)30-10-5-26-15(22)23-9(6-27)11-16(26,12(10)28)25-14(21)24-11/h1-4,9-12,14,24-25,27-28H,5-6,21H2,(H2,22,23). The van der Waals surface area contributed by atoms with Gasteiger partial charge in [-0.25, -0.2) is 9.79 Å². The number of aliphatic imine (C=N–C) groups is 1. The van der Waals surface area contributed by atoms with Crippen molar-refractivity contribution >= 4 is 11.9 Å². The number of guanidine groups is 1. The van der Waals surface area contributed by atoms with Gasteiger partial charge in [-0.3, -0.25) is 10.6 Å². The topological polar surface area (TPSA) is 158 Å². The Hall–Kier alpha value is -2.45. The highest BCUT2D eigenvalue weighted by molar-refractivity contribution is 5.89. The van der Waals surface area contributed by atoms with Gasteiger partial charge in [0, 0.05) is 0 Å². The van der Waals surface area contributed by atoms with Crippen molar-refractivity contribution in [3.05, 3.63) is 35.4 Å². The number of nitrogens with one attached hydrogen (secondary N) is 2. The van der Waals surface area contributed by atoms with Crippen molar-refractivity contribution in [1.29, 1.82) is 0 Å². The van der Waals surface area contributed by atoms with Crippen LogP contribution in [-0.4, -0.2) is 76.4 Å². The number of aliphatic hydroxyl groups is 2. The molecule has 30 heavy (non-hydrogen) atoms. The van der Waals surface area contributed by atoms with Crippen molar-refractivity contribution in [3.63, 3.8) is 0 Å². The van der Waals surface area contributed by atoms with Gasteiger partial charge in [-0.2, -0.15) is 13.2 Å². The van der Waals surface area contributed by atoms with Crippen LogP contribution in [0.3, 0.4) is 0 Å². The maximum Gasteiger partial charge on any atom is 0.416 e. The number of carbonyl (C=O) groups is 1. The minimum absolute atomic E-state index is 0.0285. The number of hydrogen-bond acceptors (Lipinski definition) is 10. The predicted octanol–water partition coefficient (Wildman–Crippen LogP) is -1.90. The number of rotatable bonds is 3. The molecular formula is C17H21F3N6O4. The Bertz CT molecular complexity index is 866. The number of aliphatic hydroxyl groups excluding tert-OH is 2. The number of nitrogens with zero attached hydrogens (tertiary/aromatic N) is 2. The Morgan fingerprint density at radius 1 is 1.37 bits per heavy atom. The van der Waals surface area contributed by atoms with E-state index in [1.807, 2.05) is 0 Å². The number of nitrogens with two attached hydrogens (primary N) is 2. The zero-order valence-electron chi connectivity index (χ0n) is 15.5. The van der Waals surface area contributed by atoms with Crippen LogP contribution in [0.2, 0.25) is 0 Å². The third kappa shape index (κ3) is 3.09. The molecule has 2 fully saturated rings. The van der Waals surface area contributed by atoms with E-state index in [-0.39, 0.29) is 24.7 Å². The molecular weight excluding hydrogens is 409 g/mol. The third-order valence-corrected chi connectivity index (χ3v) is 5.69. The van der Waals surface area contributed by atoms with Crippen molar-refractivity contribution in [2.24, 2.45) is 16.5 Å². The fourth-order valence-electron chi connectivity index (χ4n) is 4.34. The van der Waals surface area contributed by atoms with Crippen molar-refractivity contribution < 1.29 is 32.9 Å². The van der Waals surface area contributed by atoms with Crippen LogP contribution in [0.15, 0.2) is 29.3 Å². The molecule has 0 radical (unpaired) electrons. The Balaban J connectivity index is 1.56. The highest BCUT2D eigenvalue weighted by atomic mass is 19.4. The maximum absolute atomic E-state index is 12.7. The first-order valence-electron chi connectivity index (χ1n) is 9.15. The second-order valence-electron chi connectivity index (χ2n) is 7.40. The molecule has 0 aliphatic carbocycles. The monoisotopic (exact) mass is 430 g/mol. The van der Waals surface area contributed by atoms with Crippen LogP contribution in [-0.2, 0) is 10.9 Å². The minimum atomic E-state index is -4.53. The minimum Gasteiger partial charge on any atom is -0.454 e. The van der Waals surface area contributed by atoms with Crippen molar-refractivity contribution in [2.75, 3.05) is 13.2 Å². The summed E-state index contributed by atoms with van der Waals surface area (Å²) >= 11 is 0. The van der Waals surface area contributed by atoms with Gasteiger partial charge in [-0.05, 0) is 24.3 Å². The van der Waals surface area contributed by atoms with Gasteiger partial charge < -0.3 is 31.3 Å². The molecule has 3 heterocycles. The highest BCUT2D eigenvalue weighted by Gasteiger charge is 2.66. The molecule has 6 atom stereocenters. The summed E-state index contributed by atoms with van der Waals surface area (Å²) in [4.78, 5) is 18.2. The fourth-order valence-corrected chi connectivity index (χ4v) is 4.34. The van der Waals surface area contributed by atoms with Gasteiger partial charge in [0.15, 0.2) is 5.96 Å². The van der Waals surface area contributed by atoms with Crippen LogP contribution < -0.4 is 22.1 Å². The molecule has 2 saturated heterocycles. The number of alkyl halides is 3. The summed E-state index contributed by atoms with van der Waals surface area (Å²) in [6, 6.07) is 2.24. The summed E-state index contributed by atoms with van der Waals surface area (Å²) in [5.74, 6) is -0.870. The van der Waals surface area contributed by atoms with E-state index in [4.69, 9.17) is 16.2 Å². The van der Waals surface area contributed by atoms with Gasteiger partial charge in [0.05, 0.1) is 36.4 Å². The van der Waals surface area contributed by atoms with E-state index in [1.165, 1.54) is 4.90 Å². The quantitative estimate of drug-likeness (QED) is 0.301. The summed E-state index contributed by atoms with van der Waals surface area (Å²) in [6.07, 6.45) is -7.66. The zero-order chi connectivity index (χ0) is 21.8. The molecule has 3 aliphatic heterocycles. The number of esters is 1. The molecule has 6 unspecified atom stereocenters. The zero-order valence-corrected chi connectivity index (χ0v) is 15.5. The molecule has 1 aromatic carbocycles. The molecule has 0 aromatic heterocycles. The van der Waals surface area contributed by atoms with Crippen LogP contribution >= 0.6 is 0 Å². The van der Waals surface area contributed by atoms with Crippen molar-refractivity contribution in [2.45, 2.75) is 42.4 Å². The van der Waals surface area contributed by atoms with Gasteiger partial charge in [-0.1, -0.05) is 0 Å². The lowest BCUT2D eigenvalue weighted by molar-refractivity contribution is -0.137. The molecule has 10 nitrogen and oxygen atoms in total. The third-order valence-electron chi connectivity index (χ3n) is 5.69. The molecule has 0 bridgehead atoms. The second-order valence-corrected chi connectivity index (χ2v) is 7.40. The maximum atomic E-state index is 12.7. The lowest BCUT2D eigenvalue weighted by Gasteiger charge is -2.46. The number of ether oxygens (including phenoxy) is 1. The van der Waals surface area contributed by atoms with E-state index in [0.29, 0.717) is 0 Å². The normalized spacial score (nSPS) is 35.6. The van der Waals surface area contributed by atoms with Crippen LogP contribution in [0.5, 0.6) is 0 Å². The van der Waals surface area contributed by atoms with Gasteiger partial charge in [0.25, 0.3) is 0 Å². The van der Waals surface area contributed by atoms with E-state index in [0.717, 1.165) is 24.3 Å². The number of hydrogen-bond donors (Lipinski definition) is 6. The smallest absolute Gasteiger partial charge is 0.416 e. The number of carbonyl (C=O) groups excluding carboxylic acids is 1. The average molecular weight is 430 g/mol. The second kappa shape index (κ2) is 7.06. The largest absolute Gasteiger partial charge is 0.454 e. The lowest BCUT2D eigenvalue weighted by atomic mass is 9.89. The molecule has 0 amide bonds. The summed E-state index contributed by atoms with van der Waals surface area (Å²) < 4.78 is 43.5. The SMILES string of the molecule is NC1=NC(CO)C2NC(N)NC23C(O)C(OC(=O)c2ccc(C(F)(F)F)cc2)CN13. The molecule has 1 aromatic rings. The van der Waals surface area contributed by atoms with E-state index >= 15 is 0 Å². The van der Waals surface area contributed by atoms with Crippen LogP contribution in [0.1, 0.15) is 15.9 Å². The number of halogens is 3. The highest BCUT2D eigenvalue weighted by Crippen LogP contribution is 2.39. The molecule has 164 valence electrons. The molecule has 13 heteroatoms. The molecule has 8 N–H and O–H groups in total. The van der Waals surface area contributed by atoms with Crippen LogP contribution in [0.25, 0.3) is 0 Å². The van der Waals surface area contributed by atoms with Crippen LogP contribution in [0, 0.1) is 0 Å². The number of benzene rings is 1. The van der Waals surface area contributed by atoms with Gasteiger partial charge >= 0.3 is 12.1 Å². The van der Waals surface area contributed by atoms with Crippen LogP contribution in [0.4, 0.5) is 13.2 Å². The molecule has 0 saturated carbocycles. The molecule has 1 spiro atoms. The summed E-state index contributed by atoms with van der Waals surface area (Å²) in [5.41, 5.74) is 9.66. The van der Waals surface area contributed by atoms with E-state index in [1.54, 1.807) is 0 Å². The Labute approximate surface area is 168 Å². The average Bonchev–Trinajstić information content (AvgIpc) is 3.18. The first kappa shape index (κ1) is 20.8. The summed E-state index contributed by atoms with van der Waals surface area (Å²) in [5, 5.41) is 26.7. The van der Waals surface area contributed by atoms with E-state index < -0.39 is 54.0 Å².